The Kier molecular flexibility index (Phi) is 4.48. The molecule has 2 atom stereocenters. The molecule has 3 nitrogen and oxygen atoms in total. The van der Waals surface area contributed by atoms with E-state index in [0.29, 0.717) is 12.0 Å². The molecule has 0 amide bonds. The van der Waals surface area contributed by atoms with Crippen LogP contribution in [0, 0.1) is 0 Å². The van der Waals surface area contributed by atoms with E-state index in [0.717, 1.165) is 18.0 Å². The first-order chi connectivity index (χ1) is 8.81. The van der Waals surface area contributed by atoms with Crippen LogP contribution in [0.25, 0.3) is 0 Å². The Labute approximate surface area is 109 Å². The van der Waals surface area contributed by atoms with Crippen LogP contribution in [0.1, 0.15) is 37.7 Å². The molecule has 1 aliphatic rings. The standard InChI is InChI=1S/C15H23NO2/c1-4-16-12-8-5-7-11(12)15-13(17-2)9-6-10-14(15)18-3/h6,9-12,16H,4-5,7-8H2,1-3H3. The predicted molar refractivity (Wildman–Crippen MR) is 73.6 cm³/mol. The van der Waals surface area contributed by atoms with Crippen LogP contribution in [0.15, 0.2) is 18.2 Å². The van der Waals surface area contributed by atoms with Crippen LogP contribution < -0.4 is 14.8 Å². The molecular weight excluding hydrogens is 226 g/mol. The van der Waals surface area contributed by atoms with E-state index >= 15 is 0 Å². The zero-order chi connectivity index (χ0) is 13.0. The number of rotatable bonds is 5. The van der Waals surface area contributed by atoms with Gasteiger partial charge in [-0.2, -0.15) is 0 Å². The van der Waals surface area contributed by atoms with E-state index in [9.17, 15) is 0 Å². The second-order valence-electron chi connectivity index (χ2n) is 4.78. The number of benzene rings is 1. The van der Waals surface area contributed by atoms with Crippen LogP contribution in [0.3, 0.4) is 0 Å². The second-order valence-corrected chi connectivity index (χ2v) is 4.78. The van der Waals surface area contributed by atoms with Crippen LogP contribution in [0.4, 0.5) is 0 Å². The third kappa shape index (κ3) is 2.46. The fourth-order valence-corrected chi connectivity index (χ4v) is 3.06. The lowest BCUT2D eigenvalue weighted by Gasteiger charge is -2.24. The van der Waals surface area contributed by atoms with Gasteiger partial charge in [0.15, 0.2) is 0 Å². The number of hydrogen-bond donors (Lipinski definition) is 1. The van der Waals surface area contributed by atoms with Crippen LogP contribution in [0.2, 0.25) is 0 Å². The third-order valence-corrected chi connectivity index (χ3v) is 3.82. The van der Waals surface area contributed by atoms with Gasteiger partial charge < -0.3 is 14.8 Å². The van der Waals surface area contributed by atoms with Gasteiger partial charge >= 0.3 is 0 Å². The molecule has 2 unspecified atom stereocenters. The fraction of sp³-hybridized carbons (Fsp3) is 0.600. The molecule has 0 radical (unpaired) electrons. The number of nitrogens with one attached hydrogen (secondary N) is 1. The van der Waals surface area contributed by atoms with E-state index < -0.39 is 0 Å². The quantitative estimate of drug-likeness (QED) is 0.870. The Morgan fingerprint density at radius 2 is 1.83 bits per heavy atom. The first-order valence-corrected chi connectivity index (χ1v) is 6.76. The van der Waals surface area contributed by atoms with Crippen molar-refractivity contribution in [3.63, 3.8) is 0 Å². The van der Waals surface area contributed by atoms with Crippen molar-refractivity contribution in [2.75, 3.05) is 20.8 Å². The largest absolute Gasteiger partial charge is 0.496 e. The highest BCUT2D eigenvalue weighted by Crippen LogP contribution is 2.43. The average molecular weight is 249 g/mol. The minimum atomic E-state index is 0.496. The number of ether oxygens (including phenoxy) is 2. The normalized spacial score (nSPS) is 23.1. The maximum Gasteiger partial charge on any atom is 0.126 e. The first-order valence-electron chi connectivity index (χ1n) is 6.76. The summed E-state index contributed by atoms with van der Waals surface area (Å²) in [5, 5.41) is 3.58. The zero-order valence-electron chi connectivity index (χ0n) is 11.5. The van der Waals surface area contributed by atoms with E-state index in [4.69, 9.17) is 9.47 Å². The Hall–Kier alpha value is -1.22. The first kappa shape index (κ1) is 13.2. The van der Waals surface area contributed by atoms with Gasteiger partial charge in [-0.15, -0.1) is 0 Å². The van der Waals surface area contributed by atoms with Gasteiger partial charge in [-0.1, -0.05) is 19.4 Å². The number of methoxy groups -OCH3 is 2. The van der Waals surface area contributed by atoms with Gasteiger partial charge in [0.1, 0.15) is 11.5 Å². The summed E-state index contributed by atoms with van der Waals surface area (Å²) in [5.41, 5.74) is 1.23. The molecule has 0 spiro atoms. The number of hydrogen-bond acceptors (Lipinski definition) is 3. The minimum absolute atomic E-state index is 0.496. The van der Waals surface area contributed by atoms with Gasteiger partial charge in [0.25, 0.3) is 0 Å². The summed E-state index contributed by atoms with van der Waals surface area (Å²) >= 11 is 0. The minimum Gasteiger partial charge on any atom is -0.496 e. The molecule has 1 aromatic rings. The van der Waals surface area contributed by atoms with Crippen LogP contribution in [0.5, 0.6) is 11.5 Å². The van der Waals surface area contributed by atoms with Crippen molar-refractivity contribution < 1.29 is 9.47 Å². The smallest absolute Gasteiger partial charge is 0.126 e. The van der Waals surface area contributed by atoms with Gasteiger partial charge in [0, 0.05) is 17.5 Å². The van der Waals surface area contributed by atoms with Crippen LogP contribution in [-0.4, -0.2) is 26.8 Å². The summed E-state index contributed by atoms with van der Waals surface area (Å²) in [6.07, 6.45) is 3.71. The Bertz CT molecular complexity index is 370. The van der Waals surface area contributed by atoms with E-state index in [1.807, 2.05) is 18.2 Å². The SMILES string of the molecule is CCNC1CCCC1c1c(OC)cccc1OC. The van der Waals surface area contributed by atoms with Crippen LogP contribution >= 0.6 is 0 Å². The molecule has 100 valence electrons. The summed E-state index contributed by atoms with van der Waals surface area (Å²) in [5.74, 6) is 2.39. The van der Waals surface area contributed by atoms with Crippen molar-refractivity contribution in [1.82, 2.24) is 5.32 Å². The molecular formula is C15H23NO2. The lowest BCUT2D eigenvalue weighted by atomic mass is 9.92. The summed E-state index contributed by atoms with van der Waals surface area (Å²) in [4.78, 5) is 0. The van der Waals surface area contributed by atoms with E-state index in [-0.39, 0.29) is 0 Å². The zero-order valence-corrected chi connectivity index (χ0v) is 11.5. The molecule has 1 N–H and O–H groups in total. The van der Waals surface area contributed by atoms with Crippen molar-refractivity contribution in [2.45, 2.75) is 38.1 Å². The summed E-state index contributed by atoms with van der Waals surface area (Å²) in [7, 11) is 3.46. The molecule has 0 saturated heterocycles. The fourth-order valence-electron chi connectivity index (χ4n) is 3.06. The molecule has 0 heterocycles. The van der Waals surface area contributed by atoms with Gasteiger partial charge in [0.05, 0.1) is 14.2 Å². The maximum atomic E-state index is 5.52. The molecule has 1 aliphatic carbocycles. The van der Waals surface area contributed by atoms with Crippen LogP contribution in [-0.2, 0) is 0 Å². The van der Waals surface area contributed by atoms with Crippen molar-refractivity contribution in [3.05, 3.63) is 23.8 Å². The van der Waals surface area contributed by atoms with Gasteiger partial charge in [0.2, 0.25) is 0 Å². The van der Waals surface area contributed by atoms with Gasteiger partial charge in [-0.05, 0) is 31.5 Å². The van der Waals surface area contributed by atoms with Crippen molar-refractivity contribution in [2.24, 2.45) is 0 Å². The number of likely N-dealkylation sites (N-methyl/N-ethyl adjacent to an activating group) is 1. The van der Waals surface area contributed by atoms with Gasteiger partial charge in [-0.25, -0.2) is 0 Å². The summed E-state index contributed by atoms with van der Waals surface area (Å²) < 4.78 is 11.0. The van der Waals surface area contributed by atoms with E-state index in [2.05, 4.69) is 12.2 Å². The highest BCUT2D eigenvalue weighted by molar-refractivity contribution is 5.48. The van der Waals surface area contributed by atoms with Crippen molar-refractivity contribution in [1.29, 1.82) is 0 Å². The lowest BCUT2D eigenvalue weighted by molar-refractivity contribution is 0.369. The molecule has 18 heavy (non-hydrogen) atoms. The summed E-state index contributed by atoms with van der Waals surface area (Å²) in [6.45, 7) is 3.17. The lowest BCUT2D eigenvalue weighted by Crippen LogP contribution is -2.31. The average Bonchev–Trinajstić information content (AvgIpc) is 2.86. The molecule has 1 fully saturated rings. The molecule has 3 heteroatoms. The Balaban J connectivity index is 2.35. The van der Waals surface area contributed by atoms with E-state index in [1.54, 1.807) is 14.2 Å². The van der Waals surface area contributed by atoms with Crippen molar-refractivity contribution >= 4 is 0 Å². The Morgan fingerprint density at radius 3 is 2.39 bits per heavy atom. The van der Waals surface area contributed by atoms with Crippen molar-refractivity contribution in [3.8, 4) is 11.5 Å². The molecule has 1 aromatic carbocycles. The molecule has 0 aromatic heterocycles. The maximum absolute atomic E-state index is 5.52. The second kappa shape index (κ2) is 6.10. The van der Waals surface area contributed by atoms with E-state index in [1.165, 1.54) is 24.8 Å². The Morgan fingerprint density at radius 1 is 1.17 bits per heavy atom. The topological polar surface area (TPSA) is 30.5 Å². The highest BCUT2D eigenvalue weighted by atomic mass is 16.5. The third-order valence-electron chi connectivity index (χ3n) is 3.82. The summed E-state index contributed by atoms with van der Waals surface area (Å²) in [6, 6.07) is 6.58. The molecule has 1 saturated carbocycles. The monoisotopic (exact) mass is 249 g/mol. The van der Waals surface area contributed by atoms with Gasteiger partial charge in [-0.3, -0.25) is 0 Å². The molecule has 0 aliphatic heterocycles. The highest BCUT2D eigenvalue weighted by Gasteiger charge is 2.32. The predicted octanol–water partition coefficient (Wildman–Crippen LogP) is 2.95. The molecule has 0 bridgehead atoms. The molecule has 2 rings (SSSR count).